The fourth-order valence-electron chi connectivity index (χ4n) is 1.68. The quantitative estimate of drug-likeness (QED) is 0.797. The molecule has 0 spiro atoms. The molecule has 0 saturated heterocycles. The Bertz CT molecular complexity index is 618. The molecule has 6 heteroatoms. The molecular weight excluding hydrogens is 276 g/mol. The van der Waals surface area contributed by atoms with Crippen molar-refractivity contribution in [1.82, 2.24) is 4.90 Å². The first-order chi connectivity index (χ1) is 9.36. The number of aryl methyl sites for hydroxylation is 1. The number of rotatable bonds is 6. The average Bonchev–Trinajstić information content (AvgIpc) is 2.42. The Morgan fingerprint density at radius 1 is 1.40 bits per heavy atom. The fourth-order valence-corrected chi connectivity index (χ4v) is 3.01. The van der Waals surface area contributed by atoms with Crippen LogP contribution < -0.4 is 0 Å². The summed E-state index contributed by atoms with van der Waals surface area (Å²) in [6.07, 6.45) is 0.172. The van der Waals surface area contributed by atoms with Gasteiger partial charge in [0.15, 0.2) is 9.84 Å². The lowest BCUT2D eigenvalue weighted by Gasteiger charge is -2.15. The number of carbonyl (C=O) groups is 1. The van der Waals surface area contributed by atoms with Gasteiger partial charge in [0.2, 0.25) is 5.91 Å². The summed E-state index contributed by atoms with van der Waals surface area (Å²) >= 11 is 0. The summed E-state index contributed by atoms with van der Waals surface area (Å²) in [6, 6.07) is 8.58. The highest BCUT2D eigenvalue weighted by atomic mass is 32.2. The smallest absolute Gasteiger partial charge is 0.223 e. The van der Waals surface area contributed by atoms with E-state index in [0.29, 0.717) is 6.54 Å². The summed E-state index contributed by atoms with van der Waals surface area (Å²) in [4.78, 5) is 13.4. The lowest BCUT2D eigenvalue weighted by atomic mass is 10.2. The Hall–Kier alpha value is -1.87. The van der Waals surface area contributed by atoms with Crippen LogP contribution in [0.1, 0.15) is 18.4 Å². The minimum atomic E-state index is -3.44. The standard InChI is InChI=1S/C14H18N2O3S/c1-12-5-3-6-13(11-12)20(18,19)10-7-14(17)16(2)9-4-8-15/h3,5-6,11H,4,7,9-10H2,1-2H3. The first-order valence-corrected chi connectivity index (χ1v) is 7.92. The van der Waals surface area contributed by atoms with E-state index in [2.05, 4.69) is 0 Å². The Morgan fingerprint density at radius 2 is 2.10 bits per heavy atom. The molecule has 0 radical (unpaired) electrons. The topological polar surface area (TPSA) is 78.2 Å². The van der Waals surface area contributed by atoms with Crippen molar-refractivity contribution < 1.29 is 13.2 Å². The first-order valence-electron chi connectivity index (χ1n) is 6.27. The van der Waals surface area contributed by atoms with E-state index in [1.54, 1.807) is 19.2 Å². The molecule has 0 aliphatic heterocycles. The molecule has 0 heterocycles. The molecule has 0 unspecified atom stereocenters. The van der Waals surface area contributed by atoms with E-state index >= 15 is 0 Å². The molecule has 0 aliphatic carbocycles. The van der Waals surface area contributed by atoms with Crippen LogP contribution in [0, 0.1) is 18.3 Å². The third-order valence-electron chi connectivity index (χ3n) is 2.92. The van der Waals surface area contributed by atoms with Crippen LogP contribution in [0.25, 0.3) is 0 Å². The van der Waals surface area contributed by atoms with E-state index in [4.69, 9.17) is 5.26 Å². The molecule has 0 fully saturated rings. The zero-order valence-electron chi connectivity index (χ0n) is 11.7. The summed E-state index contributed by atoms with van der Waals surface area (Å²) in [5.74, 6) is -0.483. The second kappa shape index (κ2) is 7.06. The van der Waals surface area contributed by atoms with E-state index in [0.717, 1.165) is 5.56 Å². The van der Waals surface area contributed by atoms with Crippen LogP contribution in [0.5, 0.6) is 0 Å². The minimum Gasteiger partial charge on any atom is -0.345 e. The molecule has 5 nitrogen and oxygen atoms in total. The number of nitriles is 1. The van der Waals surface area contributed by atoms with Crippen molar-refractivity contribution in [2.24, 2.45) is 0 Å². The fraction of sp³-hybridized carbons (Fsp3) is 0.429. The maximum atomic E-state index is 12.1. The van der Waals surface area contributed by atoms with Crippen molar-refractivity contribution >= 4 is 15.7 Å². The summed E-state index contributed by atoms with van der Waals surface area (Å²) in [6.45, 7) is 2.14. The first kappa shape index (κ1) is 16.2. The van der Waals surface area contributed by atoms with E-state index in [1.165, 1.54) is 11.0 Å². The average molecular weight is 294 g/mol. The third kappa shape index (κ3) is 4.67. The second-order valence-electron chi connectivity index (χ2n) is 4.61. The number of nitrogens with zero attached hydrogens (tertiary/aromatic N) is 2. The lowest BCUT2D eigenvalue weighted by molar-refractivity contribution is -0.129. The van der Waals surface area contributed by atoms with E-state index in [9.17, 15) is 13.2 Å². The van der Waals surface area contributed by atoms with Gasteiger partial charge in [-0.3, -0.25) is 4.79 Å². The van der Waals surface area contributed by atoms with Crippen LogP contribution in [0.15, 0.2) is 29.2 Å². The van der Waals surface area contributed by atoms with Crippen molar-refractivity contribution in [1.29, 1.82) is 5.26 Å². The molecule has 0 atom stereocenters. The maximum absolute atomic E-state index is 12.1. The van der Waals surface area contributed by atoms with Gasteiger partial charge in [0, 0.05) is 20.0 Å². The minimum absolute atomic E-state index is 0.0712. The highest BCUT2D eigenvalue weighted by Crippen LogP contribution is 2.14. The van der Waals surface area contributed by atoms with Crippen LogP contribution >= 0.6 is 0 Å². The van der Waals surface area contributed by atoms with Gasteiger partial charge < -0.3 is 4.90 Å². The van der Waals surface area contributed by atoms with E-state index in [1.807, 2.05) is 19.1 Å². The summed E-state index contributed by atoms with van der Waals surface area (Å²) < 4.78 is 24.2. The van der Waals surface area contributed by atoms with Crippen molar-refractivity contribution in [3.8, 4) is 6.07 Å². The van der Waals surface area contributed by atoms with Crippen LogP contribution in [-0.2, 0) is 14.6 Å². The molecule has 1 aromatic rings. The number of hydrogen-bond donors (Lipinski definition) is 0. The van der Waals surface area contributed by atoms with Crippen LogP contribution in [0.3, 0.4) is 0 Å². The molecule has 0 saturated carbocycles. The van der Waals surface area contributed by atoms with Gasteiger partial charge in [-0.25, -0.2) is 8.42 Å². The van der Waals surface area contributed by atoms with Gasteiger partial charge in [0.25, 0.3) is 0 Å². The van der Waals surface area contributed by atoms with Crippen molar-refractivity contribution in [3.05, 3.63) is 29.8 Å². The largest absolute Gasteiger partial charge is 0.345 e. The van der Waals surface area contributed by atoms with Crippen LogP contribution in [0.4, 0.5) is 0 Å². The van der Waals surface area contributed by atoms with Gasteiger partial charge in [0.1, 0.15) is 0 Å². The van der Waals surface area contributed by atoms with Crippen molar-refractivity contribution in [2.75, 3.05) is 19.3 Å². The molecule has 0 N–H and O–H groups in total. The third-order valence-corrected chi connectivity index (χ3v) is 4.63. The highest BCUT2D eigenvalue weighted by Gasteiger charge is 2.18. The molecule has 1 amide bonds. The molecule has 108 valence electrons. The maximum Gasteiger partial charge on any atom is 0.223 e. The molecule has 0 bridgehead atoms. The van der Waals surface area contributed by atoms with Crippen molar-refractivity contribution in [2.45, 2.75) is 24.7 Å². The van der Waals surface area contributed by atoms with E-state index < -0.39 is 9.84 Å². The lowest BCUT2D eigenvalue weighted by Crippen LogP contribution is -2.29. The molecular formula is C14H18N2O3S. The van der Waals surface area contributed by atoms with Crippen LogP contribution in [-0.4, -0.2) is 38.6 Å². The Balaban J connectivity index is 2.65. The second-order valence-corrected chi connectivity index (χ2v) is 6.72. The number of hydrogen-bond acceptors (Lipinski definition) is 4. The summed E-state index contributed by atoms with van der Waals surface area (Å²) in [5, 5.41) is 8.45. The van der Waals surface area contributed by atoms with Crippen LogP contribution in [0.2, 0.25) is 0 Å². The molecule has 1 aromatic carbocycles. The van der Waals surface area contributed by atoms with Gasteiger partial charge in [0.05, 0.1) is 23.1 Å². The Labute approximate surface area is 119 Å². The van der Waals surface area contributed by atoms with Gasteiger partial charge in [-0.2, -0.15) is 5.26 Å². The highest BCUT2D eigenvalue weighted by molar-refractivity contribution is 7.91. The molecule has 20 heavy (non-hydrogen) atoms. The van der Waals surface area contributed by atoms with Crippen molar-refractivity contribution in [3.63, 3.8) is 0 Å². The number of amides is 1. The van der Waals surface area contributed by atoms with Gasteiger partial charge >= 0.3 is 0 Å². The number of benzene rings is 1. The Morgan fingerprint density at radius 3 is 2.70 bits per heavy atom. The predicted molar refractivity (Wildman–Crippen MR) is 75.7 cm³/mol. The molecule has 1 rings (SSSR count). The Kier molecular flexibility index (Phi) is 5.71. The number of sulfone groups is 1. The summed E-state index contributed by atoms with van der Waals surface area (Å²) in [5.41, 5.74) is 0.864. The van der Waals surface area contributed by atoms with Gasteiger partial charge in [-0.15, -0.1) is 0 Å². The summed E-state index contributed by atoms with van der Waals surface area (Å²) in [7, 11) is -1.88. The predicted octanol–water partition coefficient (Wildman–Crippen LogP) is 1.53. The van der Waals surface area contributed by atoms with E-state index in [-0.39, 0.29) is 29.4 Å². The normalized spacial score (nSPS) is 10.8. The zero-order chi connectivity index (χ0) is 15.2. The van der Waals surface area contributed by atoms with Gasteiger partial charge in [-0.1, -0.05) is 12.1 Å². The monoisotopic (exact) mass is 294 g/mol. The number of carbonyl (C=O) groups excluding carboxylic acids is 1. The molecule has 0 aromatic heterocycles. The zero-order valence-corrected chi connectivity index (χ0v) is 12.5. The van der Waals surface area contributed by atoms with Gasteiger partial charge in [-0.05, 0) is 24.6 Å². The SMILES string of the molecule is Cc1cccc(S(=O)(=O)CCC(=O)N(C)CCC#N)c1. The molecule has 0 aliphatic rings.